The van der Waals surface area contributed by atoms with Gasteiger partial charge in [0.2, 0.25) is 11.8 Å². The SMILES string of the molecule is CC(C)C[C@@H](O)C(=O)N1CC2(CC1C(=O)N[C@@H](C[C@@H]1CCNC1=O)C(=O)COC(F)(F)F)C1CC2C1. The summed E-state index contributed by atoms with van der Waals surface area (Å²) in [5, 5.41) is 15.6. The standard InChI is InChI=1S/C24H34F3N3O6/c1-12(2)5-18(31)22(35)30-11-23(14-7-15(23)8-14)9-17(30)21(34)29-16(6-13-3-4-28-20(13)33)19(32)10-36-24(25,26)27/h12-18,31H,3-11H2,1-2H3,(H,28,33)(H,29,34)/t13-,14?,15?,16-,17?,18+,23?/m0/s1. The Morgan fingerprint density at radius 1 is 1.25 bits per heavy atom. The van der Waals surface area contributed by atoms with Crippen LogP contribution in [0.5, 0.6) is 0 Å². The van der Waals surface area contributed by atoms with E-state index in [1.807, 2.05) is 13.8 Å². The third-order valence-corrected chi connectivity index (χ3v) is 8.51. The van der Waals surface area contributed by atoms with E-state index < -0.39 is 54.7 Å². The summed E-state index contributed by atoms with van der Waals surface area (Å²) in [5.74, 6) is -2.32. The summed E-state index contributed by atoms with van der Waals surface area (Å²) in [7, 11) is 0. The molecule has 5 rings (SSSR count). The Bertz CT molecular complexity index is 896. The van der Waals surface area contributed by atoms with Gasteiger partial charge in [0.25, 0.3) is 5.91 Å². The summed E-state index contributed by atoms with van der Waals surface area (Å²) >= 11 is 0. The van der Waals surface area contributed by atoms with Crippen molar-refractivity contribution in [2.75, 3.05) is 19.7 Å². The van der Waals surface area contributed by atoms with Gasteiger partial charge in [-0.25, -0.2) is 0 Å². The minimum atomic E-state index is -5.02. The van der Waals surface area contributed by atoms with Crippen LogP contribution in [-0.2, 0) is 23.9 Å². The Hall–Kier alpha value is -2.21. The first-order valence-corrected chi connectivity index (χ1v) is 12.6. The summed E-state index contributed by atoms with van der Waals surface area (Å²) in [6.07, 6.45) is -3.37. The fourth-order valence-electron chi connectivity index (χ4n) is 6.27. The highest BCUT2D eigenvalue weighted by Gasteiger charge is 2.69. The minimum absolute atomic E-state index is 0.0538. The fraction of sp³-hybridized carbons (Fsp3) is 0.833. The molecule has 0 aromatic rings. The molecule has 36 heavy (non-hydrogen) atoms. The minimum Gasteiger partial charge on any atom is -0.383 e. The number of ketones is 1. The summed E-state index contributed by atoms with van der Waals surface area (Å²) in [5.41, 5.74) is -0.181. The third-order valence-electron chi connectivity index (χ3n) is 8.51. The maximum absolute atomic E-state index is 13.4. The van der Waals surface area contributed by atoms with E-state index in [4.69, 9.17) is 0 Å². The molecule has 0 aromatic heterocycles. The van der Waals surface area contributed by atoms with Gasteiger partial charge in [-0.15, -0.1) is 13.2 Å². The van der Waals surface area contributed by atoms with E-state index in [0.717, 1.165) is 12.8 Å². The summed E-state index contributed by atoms with van der Waals surface area (Å²) in [6.45, 7) is 3.16. The van der Waals surface area contributed by atoms with Gasteiger partial charge < -0.3 is 20.6 Å². The first-order chi connectivity index (χ1) is 16.8. The van der Waals surface area contributed by atoms with Gasteiger partial charge >= 0.3 is 6.36 Å². The number of nitrogens with one attached hydrogen (secondary N) is 2. The molecule has 1 unspecified atom stereocenters. The fourth-order valence-corrected chi connectivity index (χ4v) is 6.27. The number of hydrogen-bond acceptors (Lipinski definition) is 6. The lowest BCUT2D eigenvalue weighted by Crippen LogP contribution is -2.62. The second kappa shape index (κ2) is 9.92. The average molecular weight is 518 g/mol. The molecule has 5 aliphatic rings. The molecule has 3 saturated carbocycles. The first-order valence-electron chi connectivity index (χ1n) is 12.6. The largest absolute Gasteiger partial charge is 0.522 e. The molecule has 12 heteroatoms. The van der Waals surface area contributed by atoms with Gasteiger partial charge in [0.15, 0.2) is 5.78 Å². The molecule has 202 valence electrons. The Morgan fingerprint density at radius 2 is 1.92 bits per heavy atom. The smallest absolute Gasteiger partial charge is 0.383 e. The van der Waals surface area contributed by atoms with Gasteiger partial charge in [-0.05, 0) is 61.7 Å². The summed E-state index contributed by atoms with van der Waals surface area (Å²) < 4.78 is 41.3. The average Bonchev–Trinajstić information content (AvgIpc) is 3.34. The molecule has 4 atom stereocenters. The van der Waals surface area contributed by atoms with Gasteiger partial charge in [0.1, 0.15) is 18.8 Å². The van der Waals surface area contributed by atoms with Crippen LogP contribution in [0, 0.1) is 29.1 Å². The van der Waals surface area contributed by atoms with Gasteiger partial charge in [-0.1, -0.05) is 13.8 Å². The predicted molar refractivity (Wildman–Crippen MR) is 119 cm³/mol. The maximum Gasteiger partial charge on any atom is 0.522 e. The zero-order valence-corrected chi connectivity index (χ0v) is 20.5. The number of alkyl halides is 3. The van der Waals surface area contributed by atoms with E-state index >= 15 is 0 Å². The first kappa shape index (κ1) is 26.8. The lowest BCUT2D eigenvalue weighted by Gasteiger charge is -2.66. The molecule has 0 radical (unpaired) electrons. The lowest BCUT2D eigenvalue weighted by molar-refractivity contribution is -0.321. The van der Waals surface area contributed by atoms with Crippen molar-refractivity contribution in [2.24, 2.45) is 29.1 Å². The van der Waals surface area contributed by atoms with Crippen molar-refractivity contribution in [1.82, 2.24) is 15.5 Å². The second-order valence-electron chi connectivity index (χ2n) is 11.2. The van der Waals surface area contributed by atoms with Crippen molar-refractivity contribution in [2.45, 2.75) is 76.9 Å². The van der Waals surface area contributed by atoms with Crippen molar-refractivity contribution < 1.29 is 42.2 Å². The van der Waals surface area contributed by atoms with Gasteiger partial charge in [0.05, 0.1) is 6.04 Å². The molecule has 0 aromatic carbocycles. The number of likely N-dealkylation sites (tertiary alicyclic amines) is 1. The quantitative estimate of drug-likeness (QED) is 0.399. The number of amides is 3. The number of aliphatic hydroxyl groups is 1. The molecule has 3 amide bonds. The Balaban J connectivity index is 1.49. The van der Waals surface area contributed by atoms with Crippen LogP contribution in [0.3, 0.4) is 0 Å². The molecule has 3 aliphatic carbocycles. The molecular formula is C24H34F3N3O6. The maximum atomic E-state index is 13.4. The van der Waals surface area contributed by atoms with E-state index in [1.54, 1.807) is 0 Å². The lowest BCUT2D eigenvalue weighted by atomic mass is 9.38. The number of aliphatic hydroxyl groups excluding tert-OH is 1. The van der Waals surface area contributed by atoms with Gasteiger partial charge in [0, 0.05) is 19.0 Å². The van der Waals surface area contributed by atoms with E-state index in [0.29, 0.717) is 37.8 Å². The van der Waals surface area contributed by atoms with Crippen LogP contribution in [0.25, 0.3) is 0 Å². The van der Waals surface area contributed by atoms with Crippen molar-refractivity contribution in [3.05, 3.63) is 0 Å². The molecule has 2 heterocycles. The number of ether oxygens (including phenoxy) is 1. The van der Waals surface area contributed by atoms with Crippen LogP contribution in [-0.4, -0.2) is 77.8 Å². The number of carbonyl (C=O) groups excluding carboxylic acids is 4. The molecule has 2 bridgehead atoms. The molecular weight excluding hydrogens is 483 g/mol. The Labute approximate surface area is 207 Å². The number of hydrogen-bond donors (Lipinski definition) is 3. The van der Waals surface area contributed by atoms with Crippen LogP contribution in [0.15, 0.2) is 0 Å². The van der Waals surface area contributed by atoms with Gasteiger partial charge in [-0.3, -0.25) is 23.9 Å². The number of carbonyl (C=O) groups is 4. The highest BCUT2D eigenvalue weighted by atomic mass is 19.4. The molecule has 5 fully saturated rings. The summed E-state index contributed by atoms with van der Waals surface area (Å²) in [4.78, 5) is 52.6. The van der Waals surface area contributed by atoms with E-state index in [9.17, 15) is 37.5 Å². The van der Waals surface area contributed by atoms with Crippen molar-refractivity contribution >= 4 is 23.5 Å². The molecule has 2 aliphatic heterocycles. The third kappa shape index (κ3) is 5.25. The monoisotopic (exact) mass is 517 g/mol. The summed E-state index contributed by atoms with van der Waals surface area (Å²) in [6, 6.07) is -2.32. The highest BCUT2D eigenvalue weighted by Crippen LogP contribution is 2.71. The molecule has 9 nitrogen and oxygen atoms in total. The number of Topliss-reactive ketones (excluding diaryl/α,β-unsaturated/α-hetero) is 1. The van der Waals surface area contributed by atoms with Crippen LogP contribution < -0.4 is 10.6 Å². The number of nitrogens with zero attached hydrogens (tertiary/aromatic N) is 1. The molecule has 1 spiro atoms. The van der Waals surface area contributed by atoms with E-state index in [1.165, 1.54) is 4.90 Å². The van der Waals surface area contributed by atoms with E-state index in [2.05, 4.69) is 15.4 Å². The topological polar surface area (TPSA) is 125 Å². The van der Waals surface area contributed by atoms with Crippen LogP contribution in [0.2, 0.25) is 0 Å². The van der Waals surface area contributed by atoms with Crippen LogP contribution in [0.1, 0.15) is 52.4 Å². The predicted octanol–water partition coefficient (Wildman–Crippen LogP) is 1.14. The van der Waals surface area contributed by atoms with Crippen molar-refractivity contribution in [3.8, 4) is 0 Å². The zero-order valence-electron chi connectivity index (χ0n) is 20.5. The zero-order chi connectivity index (χ0) is 26.4. The molecule has 3 N–H and O–H groups in total. The van der Waals surface area contributed by atoms with Crippen molar-refractivity contribution in [1.29, 1.82) is 0 Å². The van der Waals surface area contributed by atoms with E-state index in [-0.39, 0.29) is 30.1 Å². The molecule has 2 saturated heterocycles. The normalized spacial score (nSPS) is 32.6. The Morgan fingerprint density at radius 3 is 2.42 bits per heavy atom. The Kier molecular flexibility index (Phi) is 7.40. The van der Waals surface area contributed by atoms with Crippen LogP contribution >= 0.6 is 0 Å². The van der Waals surface area contributed by atoms with Gasteiger partial charge in [-0.2, -0.15) is 0 Å². The van der Waals surface area contributed by atoms with Crippen LogP contribution in [0.4, 0.5) is 13.2 Å². The second-order valence-corrected chi connectivity index (χ2v) is 11.2. The number of rotatable bonds is 10. The van der Waals surface area contributed by atoms with Crippen molar-refractivity contribution in [3.63, 3.8) is 0 Å². The number of halogens is 3. The highest BCUT2D eigenvalue weighted by molar-refractivity contribution is 5.95.